The first-order chi connectivity index (χ1) is 5.12. The molecule has 0 saturated heterocycles. The van der Waals surface area contributed by atoms with Gasteiger partial charge < -0.3 is 4.52 Å². The van der Waals surface area contributed by atoms with Crippen molar-refractivity contribution in [2.75, 3.05) is 19.4 Å². The molecule has 62 valence electrons. The fourth-order valence-corrected chi connectivity index (χ4v) is 1.57. The topological polar surface area (TPSA) is 26.3 Å². The maximum atomic E-state index is 11.4. The molecule has 0 amide bonds. The average molecular weight is 172 g/mol. The number of terminal acetylenes is 1. The van der Waals surface area contributed by atoms with Gasteiger partial charge >= 0.3 is 0 Å². The summed E-state index contributed by atoms with van der Waals surface area (Å²) in [6.45, 7) is 3.59. The zero-order chi connectivity index (χ0) is 8.74. The van der Waals surface area contributed by atoms with Gasteiger partial charge in [-0.1, -0.05) is 18.1 Å². The quantitative estimate of drug-likeness (QED) is 0.369. The SMILES string of the molecule is C#CCOP(C)(=O)C/C=C/C. The first kappa shape index (κ1) is 10.5. The van der Waals surface area contributed by atoms with Crippen LogP contribution in [0, 0.1) is 12.3 Å². The number of hydrogen-bond acceptors (Lipinski definition) is 2. The third kappa shape index (κ3) is 5.91. The Morgan fingerprint density at radius 3 is 2.82 bits per heavy atom. The van der Waals surface area contributed by atoms with Crippen LogP contribution in [0.15, 0.2) is 12.2 Å². The lowest BCUT2D eigenvalue weighted by Gasteiger charge is -2.08. The summed E-state index contributed by atoms with van der Waals surface area (Å²) in [6.07, 6.45) is 9.07. The highest BCUT2D eigenvalue weighted by Crippen LogP contribution is 2.41. The highest BCUT2D eigenvalue weighted by atomic mass is 31.2. The molecule has 0 aromatic heterocycles. The van der Waals surface area contributed by atoms with E-state index in [1.807, 2.05) is 19.1 Å². The molecule has 2 nitrogen and oxygen atoms in total. The summed E-state index contributed by atoms with van der Waals surface area (Å²) in [4.78, 5) is 0. The van der Waals surface area contributed by atoms with Crippen molar-refractivity contribution in [1.82, 2.24) is 0 Å². The van der Waals surface area contributed by atoms with E-state index in [9.17, 15) is 4.57 Å². The largest absolute Gasteiger partial charge is 0.315 e. The second kappa shape index (κ2) is 5.18. The Bertz CT molecular complexity index is 213. The molecule has 0 radical (unpaired) electrons. The third-order valence-electron chi connectivity index (χ3n) is 1.09. The van der Waals surface area contributed by atoms with Gasteiger partial charge in [0.2, 0.25) is 7.37 Å². The van der Waals surface area contributed by atoms with Crippen LogP contribution in [0.2, 0.25) is 0 Å². The molecule has 0 bridgehead atoms. The number of rotatable bonds is 4. The molecule has 0 aliphatic carbocycles. The van der Waals surface area contributed by atoms with Crippen molar-refractivity contribution in [2.45, 2.75) is 6.92 Å². The number of allylic oxidation sites excluding steroid dienone is 2. The Morgan fingerprint density at radius 2 is 2.36 bits per heavy atom. The molecular formula is C8H13O2P. The van der Waals surface area contributed by atoms with Crippen LogP contribution in [0.25, 0.3) is 0 Å². The second-order valence-electron chi connectivity index (χ2n) is 2.24. The van der Waals surface area contributed by atoms with Gasteiger partial charge in [0.15, 0.2) is 0 Å². The lowest BCUT2D eigenvalue weighted by atomic mass is 10.6. The molecule has 1 unspecified atom stereocenters. The van der Waals surface area contributed by atoms with Crippen LogP contribution in [-0.4, -0.2) is 19.4 Å². The van der Waals surface area contributed by atoms with E-state index >= 15 is 0 Å². The lowest BCUT2D eigenvalue weighted by molar-refractivity contribution is 0.365. The summed E-state index contributed by atoms with van der Waals surface area (Å²) in [5.74, 6) is 2.28. The zero-order valence-electron chi connectivity index (χ0n) is 6.91. The standard InChI is InChI=1S/C8H13O2P/c1-4-6-8-11(3,9)10-7-5-2/h2,4,6H,7-8H2,1,3H3/b6-4+. The van der Waals surface area contributed by atoms with Crippen molar-refractivity contribution in [2.24, 2.45) is 0 Å². The van der Waals surface area contributed by atoms with Gasteiger partial charge in [0.1, 0.15) is 6.61 Å². The van der Waals surface area contributed by atoms with E-state index in [1.165, 1.54) is 0 Å². The van der Waals surface area contributed by atoms with E-state index in [-0.39, 0.29) is 6.61 Å². The van der Waals surface area contributed by atoms with Gasteiger partial charge in [0, 0.05) is 12.8 Å². The minimum absolute atomic E-state index is 0.130. The molecule has 0 heterocycles. The van der Waals surface area contributed by atoms with Crippen molar-refractivity contribution in [3.8, 4) is 12.3 Å². The number of hydrogen-bond donors (Lipinski definition) is 0. The highest BCUT2D eigenvalue weighted by Gasteiger charge is 2.11. The Labute approximate surface area is 68.1 Å². The normalized spacial score (nSPS) is 16.1. The van der Waals surface area contributed by atoms with Crippen molar-refractivity contribution >= 4 is 7.37 Å². The predicted molar refractivity (Wildman–Crippen MR) is 48.0 cm³/mol. The summed E-state index contributed by atoms with van der Waals surface area (Å²) in [5, 5.41) is 0. The first-order valence-corrected chi connectivity index (χ1v) is 5.64. The van der Waals surface area contributed by atoms with E-state index in [0.717, 1.165) is 0 Å². The highest BCUT2D eigenvalue weighted by molar-refractivity contribution is 7.58. The van der Waals surface area contributed by atoms with E-state index in [2.05, 4.69) is 5.92 Å². The molecule has 0 aromatic rings. The average Bonchev–Trinajstić information content (AvgIpc) is 1.97. The summed E-state index contributed by atoms with van der Waals surface area (Å²) in [7, 11) is -2.45. The fraction of sp³-hybridized carbons (Fsp3) is 0.500. The predicted octanol–water partition coefficient (Wildman–Crippen LogP) is 2.12. The van der Waals surface area contributed by atoms with Gasteiger partial charge in [-0.2, -0.15) is 0 Å². The van der Waals surface area contributed by atoms with Crippen LogP contribution in [-0.2, 0) is 9.09 Å². The molecule has 0 N–H and O–H groups in total. The van der Waals surface area contributed by atoms with Crippen LogP contribution in [0.4, 0.5) is 0 Å². The Balaban J connectivity index is 3.82. The van der Waals surface area contributed by atoms with E-state index < -0.39 is 7.37 Å². The van der Waals surface area contributed by atoms with Crippen LogP contribution < -0.4 is 0 Å². The summed E-state index contributed by atoms with van der Waals surface area (Å²) >= 11 is 0. The Morgan fingerprint density at radius 1 is 1.73 bits per heavy atom. The van der Waals surface area contributed by atoms with Gasteiger partial charge in [-0.3, -0.25) is 4.57 Å². The zero-order valence-corrected chi connectivity index (χ0v) is 7.80. The summed E-state index contributed by atoms with van der Waals surface area (Å²) < 4.78 is 16.3. The van der Waals surface area contributed by atoms with Crippen LogP contribution in [0.1, 0.15) is 6.92 Å². The molecule has 0 aromatic carbocycles. The molecule has 11 heavy (non-hydrogen) atoms. The van der Waals surface area contributed by atoms with Crippen molar-refractivity contribution in [1.29, 1.82) is 0 Å². The maximum absolute atomic E-state index is 11.4. The molecule has 0 aliphatic heterocycles. The van der Waals surface area contributed by atoms with Crippen LogP contribution >= 0.6 is 7.37 Å². The third-order valence-corrected chi connectivity index (χ3v) is 2.64. The Hall–Kier alpha value is -0.510. The molecule has 1 atom stereocenters. The molecule has 3 heteroatoms. The fourth-order valence-electron chi connectivity index (χ4n) is 0.523. The smallest absolute Gasteiger partial charge is 0.204 e. The summed E-state index contributed by atoms with van der Waals surface area (Å²) in [5.41, 5.74) is 0. The van der Waals surface area contributed by atoms with Crippen molar-refractivity contribution in [3.05, 3.63) is 12.2 Å². The van der Waals surface area contributed by atoms with Gasteiger partial charge in [0.05, 0.1) is 0 Å². The van der Waals surface area contributed by atoms with Crippen LogP contribution in [0.5, 0.6) is 0 Å². The maximum Gasteiger partial charge on any atom is 0.204 e. The van der Waals surface area contributed by atoms with Gasteiger partial charge in [0.25, 0.3) is 0 Å². The molecular weight excluding hydrogens is 159 g/mol. The molecule has 0 fully saturated rings. The van der Waals surface area contributed by atoms with Gasteiger partial charge in [-0.15, -0.1) is 6.42 Å². The molecule has 0 spiro atoms. The minimum atomic E-state index is -2.45. The molecule has 0 aliphatic rings. The van der Waals surface area contributed by atoms with Gasteiger partial charge in [-0.05, 0) is 6.92 Å². The van der Waals surface area contributed by atoms with E-state index in [1.54, 1.807) is 6.66 Å². The van der Waals surface area contributed by atoms with E-state index in [0.29, 0.717) is 6.16 Å². The Kier molecular flexibility index (Phi) is 4.94. The minimum Gasteiger partial charge on any atom is -0.315 e. The second-order valence-corrected chi connectivity index (χ2v) is 4.89. The van der Waals surface area contributed by atoms with Gasteiger partial charge in [-0.25, -0.2) is 0 Å². The first-order valence-electron chi connectivity index (χ1n) is 3.38. The van der Waals surface area contributed by atoms with Crippen LogP contribution in [0.3, 0.4) is 0 Å². The lowest BCUT2D eigenvalue weighted by Crippen LogP contribution is -1.91. The monoisotopic (exact) mass is 172 g/mol. The molecule has 0 rings (SSSR count). The van der Waals surface area contributed by atoms with E-state index in [4.69, 9.17) is 10.9 Å². The molecule has 0 saturated carbocycles. The van der Waals surface area contributed by atoms with Crippen molar-refractivity contribution in [3.63, 3.8) is 0 Å². The summed E-state index contributed by atoms with van der Waals surface area (Å²) in [6, 6.07) is 0. The van der Waals surface area contributed by atoms with Crippen molar-refractivity contribution < 1.29 is 9.09 Å².